The molecule has 2 aromatic rings. The molecule has 0 saturated carbocycles. The molecule has 8 heteroatoms. The van der Waals surface area contributed by atoms with Crippen LogP contribution in [0.5, 0.6) is 0 Å². The summed E-state index contributed by atoms with van der Waals surface area (Å²) in [6.07, 6.45) is 6.81. The minimum Gasteiger partial charge on any atom is -0.351 e. The molecule has 126 valence electrons. The number of aromatic amines is 1. The van der Waals surface area contributed by atoms with E-state index in [0.29, 0.717) is 24.2 Å². The van der Waals surface area contributed by atoms with Crippen LogP contribution in [0.15, 0.2) is 29.5 Å². The van der Waals surface area contributed by atoms with Gasteiger partial charge in [0.25, 0.3) is 11.5 Å². The van der Waals surface area contributed by atoms with Gasteiger partial charge in [-0.25, -0.2) is 15.0 Å². The summed E-state index contributed by atoms with van der Waals surface area (Å²) in [7, 11) is 0. The van der Waals surface area contributed by atoms with Crippen molar-refractivity contribution in [1.82, 2.24) is 25.3 Å². The van der Waals surface area contributed by atoms with E-state index in [9.17, 15) is 9.59 Å². The Morgan fingerprint density at radius 2 is 2.17 bits per heavy atom. The zero-order valence-corrected chi connectivity index (χ0v) is 13.5. The van der Waals surface area contributed by atoms with Crippen molar-refractivity contribution in [3.8, 4) is 0 Å². The van der Waals surface area contributed by atoms with E-state index in [1.54, 1.807) is 25.4 Å². The lowest BCUT2D eigenvalue weighted by atomic mass is 9.98. The molecule has 0 spiro atoms. The average Bonchev–Trinajstić information content (AvgIpc) is 2.61. The number of anilines is 1. The zero-order valence-electron chi connectivity index (χ0n) is 13.5. The minimum atomic E-state index is -0.414. The Morgan fingerprint density at radius 3 is 2.92 bits per heavy atom. The smallest absolute Gasteiger partial charge is 0.263 e. The van der Waals surface area contributed by atoms with Crippen molar-refractivity contribution in [2.45, 2.75) is 19.8 Å². The maximum absolute atomic E-state index is 12.2. The Labute approximate surface area is 139 Å². The van der Waals surface area contributed by atoms with Crippen LogP contribution in [-0.4, -0.2) is 45.5 Å². The Hall–Kier alpha value is -2.77. The van der Waals surface area contributed by atoms with Crippen molar-refractivity contribution >= 4 is 11.9 Å². The van der Waals surface area contributed by atoms with Crippen molar-refractivity contribution in [2.75, 3.05) is 24.5 Å². The molecular formula is C16H20N6O2. The summed E-state index contributed by atoms with van der Waals surface area (Å²) in [5.74, 6) is 1.11. The second-order valence-electron chi connectivity index (χ2n) is 5.92. The Morgan fingerprint density at radius 1 is 1.38 bits per heavy atom. The van der Waals surface area contributed by atoms with Gasteiger partial charge < -0.3 is 15.2 Å². The minimum absolute atomic E-state index is 0.0414. The fourth-order valence-corrected chi connectivity index (χ4v) is 2.85. The summed E-state index contributed by atoms with van der Waals surface area (Å²) in [6.45, 7) is 3.88. The molecule has 0 aromatic carbocycles. The monoisotopic (exact) mass is 328 g/mol. The standard InChI is InChI=1S/C16H20N6O2/c1-11-19-9-13(15(24)21-11)14(23)20-8-12-4-2-7-22(10-12)16-17-5-3-6-18-16/h3,5-6,9,12H,2,4,7-8,10H2,1H3,(H,20,23)(H,19,21,24)/t12-/m1/s1. The molecule has 0 unspecified atom stereocenters. The van der Waals surface area contributed by atoms with Crippen LogP contribution >= 0.6 is 0 Å². The highest BCUT2D eigenvalue weighted by Crippen LogP contribution is 2.19. The van der Waals surface area contributed by atoms with Crippen LogP contribution in [0.1, 0.15) is 29.0 Å². The Balaban J connectivity index is 1.58. The molecule has 1 aliphatic rings. The van der Waals surface area contributed by atoms with Gasteiger partial charge in [0.15, 0.2) is 0 Å². The molecule has 0 aliphatic carbocycles. The Kier molecular flexibility index (Phi) is 4.83. The lowest BCUT2D eigenvalue weighted by Crippen LogP contribution is -2.42. The molecular weight excluding hydrogens is 308 g/mol. The first-order valence-corrected chi connectivity index (χ1v) is 7.99. The number of aromatic nitrogens is 4. The van der Waals surface area contributed by atoms with Gasteiger partial charge in [-0.3, -0.25) is 9.59 Å². The summed E-state index contributed by atoms with van der Waals surface area (Å²) in [4.78, 5) is 41.1. The van der Waals surface area contributed by atoms with Crippen LogP contribution in [0.25, 0.3) is 0 Å². The molecule has 1 fully saturated rings. The van der Waals surface area contributed by atoms with E-state index in [0.717, 1.165) is 25.9 Å². The highest BCUT2D eigenvalue weighted by molar-refractivity contribution is 5.93. The predicted molar refractivity (Wildman–Crippen MR) is 88.9 cm³/mol. The van der Waals surface area contributed by atoms with Gasteiger partial charge in [0, 0.05) is 38.2 Å². The first-order chi connectivity index (χ1) is 11.6. The molecule has 2 aromatic heterocycles. The number of hydrogen-bond acceptors (Lipinski definition) is 6. The lowest BCUT2D eigenvalue weighted by Gasteiger charge is -2.32. The second kappa shape index (κ2) is 7.20. The predicted octanol–water partition coefficient (Wildman–Crippen LogP) is 0.515. The SMILES string of the molecule is Cc1ncc(C(=O)NC[C@H]2CCCN(c3ncccn3)C2)c(=O)[nH]1. The number of aryl methyl sites for hydroxylation is 1. The third kappa shape index (κ3) is 3.76. The summed E-state index contributed by atoms with van der Waals surface area (Å²) in [5, 5.41) is 2.83. The van der Waals surface area contributed by atoms with Gasteiger partial charge in [-0.2, -0.15) is 0 Å². The molecule has 1 atom stereocenters. The maximum Gasteiger partial charge on any atom is 0.263 e. The first kappa shape index (κ1) is 16.1. The van der Waals surface area contributed by atoms with Crippen molar-refractivity contribution in [3.05, 3.63) is 46.4 Å². The number of amides is 1. The molecule has 3 heterocycles. The molecule has 0 bridgehead atoms. The van der Waals surface area contributed by atoms with Crippen LogP contribution in [0.3, 0.4) is 0 Å². The van der Waals surface area contributed by atoms with Crippen LogP contribution in [0, 0.1) is 12.8 Å². The number of rotatable bonds is 4. The van der Waals surface area contributed by atoms with E-state index in [4.69, 9.17) is 0 Å². The van der Waals surface area contributed by atoms with Gasteiger partial charge >= 0.3 is 0 Å². The fourth-order valence-electron chi connectivity index (χ4n) is 2.85. The molecule has 1 aliphatic heterocycles. The number of H-pyrrole nitrogens is 1. The van der Waals surface area contributed by atoms with Gasteiger partial charge in [-0.15, -0.1) is 0 Å². The van der Waals surface area contributed by atoms with Crippen LogP contribution in [0.4, 0.5) is 5.95 Å². The van der Waals surface area contributed by atoms with Gasteiger partial charge in [0.05, 0.1) is 0 Å². The van der Waals surface area contributed by atoms with Crippen molar-refractivity contribution in [1.29, 1.82) is 0 Å². The lowest BCUT2D eigenvalue weighted by molar-refractivity contribution is 0.0943. The fraction of sp³-hybridized carbons (Fsp3) is 0.438. The first-order valence-electron chi connectivity index (χ1n) is 7.99. The quantitative estimate of drug-likeness (QED) is 0.848. The zero-order chi connectivity index (χ0) is 16.9. The molecule has 2 N–H and O–H groups in total. The average molecular weight is 328 g/mol. The van der Waals surface area contributed by atoms with E-state index in [1.165, 1.54) is 6.20 Å². The van der Waals surface area contributed by atoms with Crippen LogP contribution in [-0.2, 0) is 0 Å². The number of piperidine rings is 1. The number of carbonyl (C=O) groups is 1. The molecule has 24 heavy (non-hydrogen) atoms. The Bertz CT molecular complexity index is 761. The number of nitrogens with zero attached hydrogens (tertiary/aromatic N) is 4. The van der Waals surface area contributed by atoms with Crippen molar-refractivity contribution in [2.24, 2.45) is 5.92 Å². The largest absolute Gasteiger partial charge is 0.351 e. The number of nitrogens with one attached hydrogen (secondary N) is 2. The summed E-state index contributed by atoms with van der Waals surface area (Å²) < 4.78 is 0. The summed E-state index contributed by atoms with van der Waals surface area (Å²) >= 11 is 0. The van der Waals surface area contributed by atoms with E-state index >= 15 is 0 Å². The molecule has 8 nitrogen and oxygen atoms in total. The molecule has 3 rings (SSSR count). The molecule has 1 saturated heterocycles. The van der Waals surface area contributed by atoms with Gasteiger partial charge in [0.2, 0.25) is 5.95 Å². The van der Waals surface area contributed by atoms with Crippen LogP contribution < -0.4 is 15.8 Å². The highest BCUT2D eigenvalue weighted by Gasteiger charge is 2.22. The van der Waals surface area contributed by atoms with Crippen LogP contribution in [0.2, 0.25) is 0 Å². The van der Waals surface area contributed by atoms with E-state index in [1.807, 2.05) is 0 Å². The van der Waals surface area contributed by atoms with E-state index < -0.39 is 11.5 Å². The highest BCUT2D eigenvalue weighted by atomic mass is 16.2. The normalized spacial score (nSPS) is 17.5. The number of hydrogen-bond donors (Lipinski definition) is 2. The van der Waals surface area contributed by atoms with Crippen molar-refractivity contribution in [3.63, 3.8) is 0 Å². The van der Waals surface area contributed by atoms with Crippen molar-refractivity contribution < 1.29 is 4.79 Å². The van der Waals surface area contributed by atoms with E-state index in [2.05, 4.69) is 30.2 Å². The maximum atomic E-state index is 12.2. The topological polar surface area (TPSA) is 104 Å². The number of carbonyl (C=O) groups excluding carboxylic acids is 1. The van der Waals surface area contributed by atoms with Gasteiger partial charge in [-0.1, -0.05) is 0 Å². The summed E-state index contributed by atoms with van der Waals surface area (Å²) in [5.41, 5.74) is -0.373. The van der Waals surface area contributed by atoms with Gasteiger partial charge in [-0.05, 0) is 31.7 Å². The third-order valence-electron chi connectivity index (χ3n) is 4.08. The molecule has 0 radical (unpaired) electrons. The second-order valence-corrected chi connectivity index (χ2v) is 5.92. The summed E-state index contributed by atoms with van der Waals surface area (Å²) in [6, 6.07) is 1.79. The van der Waals surface area contributed by atoms with E-state index in [-0.39, 0.29) is 5.56 Å². The van der Waals surface area contributed by atoms with Gasteiger partial charge in [0.1, 0.15) is 11.4 Å². The third-order valence-corrected chi connectivity index (χ3v) is 4.08. The molecule has 1 amide bonds.